The summed E-state index contributed by atoms with van der Waals surface area (Å²) < 4.78 is 0. The predicted molar refractivity (Wildman–Crippen MR) is 72.5 cm³/mol. The Morgan fingerprint density at radius 3 is 2.13 bits per heavy atom. The average Bonchev–Trinajstić information content (AvgIpc) is 2.58. The van der Waals surface area contributed by atoms with Gasteiger partial charge in [-0.3, -0.25) is 0 Å². The van der Waals surface area contributed by atoms with E-state index in [9.17, 15) is 0 Å². The van der Waals surface area contributed by atoms with Crippen molar-refractivity contribution >= 4 is 24.8 Å². The summed E-state index contributed by atoms with van der Waals surface area (Å²) in [6, 6.07) is 0.776. The lowest BCUT2D eigenvalue weighted by Crippen LogP contribution is -2.38. The van der Waals surface area contributed by atoms with Crippen LogP contribution in [0.15, 0.2) is 0 Å². The monoisotopic (exact) mass is 256 g/mol. The van der Waals surface area contributed by atoms with Crippen LogP contribution < -0.4 is 5.32 Å². The summed E-state index contributed by atoms with van der Waals surface area (Å²) in [5.74, 6) is 0. The van der Waals surface area contributed by atoms with Crippen LogP contribution in [0.3, 0.4) is 0 Å². The first-order valence-corrected chi connectivity index (χ1v) is 5.82. The lowest BCUT2D eigenvalue weighted by atomic mass is 10.2. The zero-order chi connectivity index (χ0) is 9.52. The maximum Gasteiger partial charge on any atom is 0.0195 e. The Hall–Kier alpha value is 0.500. The molecule has 1 aliphatic heterocycles. The van der Waals surface area contributed by atoms with E-state index in [0.717, 1.165) is 6.04 Å². The van der Waals surface area contributed by atoms with Crippen molar-refractivity contribution in [3.05, 3.63) is 0 Å². The van der Waals surface area contributed by atoms with Gasteiger partial charge in [0.2, 0.25) is 0 Å². The van der Waals surface area contributed by atoms with Crippen molar-refractivity contribution < 1.29 is 0 Å². The Balaban J connectivity index is 0. The van der Waals surface area contributed by atoms with Crippen LogP contribution in [-0.4, -0.2) is 37.1 Å². The molecule has 1 heterocycles. The molecule has 0 radical (unpaired) electrons. The minimum atomic E-state index is 0. The first-order chi connectivity index (χ1) is 6.36. The average molecular weight is 257 g/mol. The van der Waals surface area contributed by atoms with Crippen molar-refractivity contribution in [2.24, 2.45) is 0 Å². The molecule has 15 heavy (non-hydrogen) atoms. The van der Waals surface area contributed by atoms with Gasteiger partial charge in [0.05, 0.1) is 0 Å². The molecule has 1 saturated heterocycles. The highest BCUT2D eigenvalue weighted by Crippen LogP contribution is 2.07. The topological polar surface area (TPSA) is 15.3 Å². The molecule has 0 saturated carbocycles. The zero-order valence-corrected chi connectivity index (χ0v) is 11.6. The van der Waals surface area contributed by atoms with Crippen LogP contribution in [0.25, 0.3) is 0 Å². The van der Waals surface area contributed by atoms with Gasteiger partial charge in [-0.15, -0.1) is 24.8 Å². The second-order valence-electron chi connectivity index (χ2n) is 4.09. The van der Waals surface area contributed by atoms with Crippen molar-refractivity contribution in [2.75, 3.05) is 26.2 Å². The lowest BCUT2D eigenvalue weighted by molar-refractivity contribution is 0.250. The molecule has 0 aromatic carbocycles. The number of nitrogens with one attached hydrogen (secondary N) is 1. The minimum Gasteiger partial charge on any atom is -0.313 e. The number of halogens is 2. The summed E-state index contributed by atoms with van der Waals surface area (Å²) in [7, 11) is 0. The van der Waals surface area contributed by atoms with Crippen LogP contribution in [0.1, 0.15) is 39.5 Å². The lowest BCUT2D eigenvalue weighted by Gasteiger charge is -2.24. The Labute approximate surface area is 107 Å². The normalized spacial score (nSPS) is 19.8. The van der Waals surface area contributed by atoms with Gasteiger partial charge in [-0.1, -0.05) is 13.8 Å². The van der Waals surface area contributed by atoms with Gasteiger partial charge in [-0.05, 0) is 45.3 Å². The van der Waals surface area contributed by atoms with Crippen molar-refractivity contribution in [1.29, 1.82) is 0 Å². The van der Waals surface area contributed by atoms with Crippen molar-refractivity contribution in [3.63, 3.8) is 0 Å². The third kappa shape index (κ3) is 7.40. The Morgan fingerprint density at radius 1 is 1.13 bits per heavy atom. The standard InChI is InChI=1S/C11H24N2.2ClH/c1-3-8-13(9-4-2)10-11-6-5-7-12-11;;/h11-12H,3-10H2,1-2H3;2*1H. The fraction of sp³-hybridized carbons (Fsp3) is 1.00. The smallest absolute Gasteiger partial charge is 0.0195 e. The molecule has 94 valence electrons. The fourth-order valence-electron chi connectivity index (χ4n) is 2.15. The van der Waals surface area contributed by atoms with Gasteiger partial charge in [-0.25, -0.2) is 0 Å². The maximum absolute atomic E-state index is 3.56. The van der Waals surface area contributed by atoms with E-state index in [4.69, 9.17) is 0 Å². The maximum atomic E-state index is 3.56. The highest BCUT2D eigenvalue weighted by molar-refractivity contribution is 5.85. The number of hydrogen-bond donors (Lipinski definition) is 1. The second-order valence-corrected chi connectivity index (χ2v) is 4.09. The molecular formula is C11H26Cl2N2. The van der Waals surface area contributed by atoms with E-state index in [2.05, 4.69) is 24.1 Å². The van der Waals surface area contributed by atoms with Gasteiger partial charge < -0.3 is 10.2 Å². The summed E-state index contributed by atoms with van der Waals surface area (Å²) >= 11 is 0. The van der Waals surface area contributed by atoms with E-state index >= 15 is 0 Å². The molecule has 0 aromatic rings. The molecule has 0 spiro atoms. The molecule has 1 unspecified atom stereocenters. The van der Waals surface area contributed by atoms with Crippen LogP contribution in [0, 0.1) is 0 Å². The predicted octanol–water partition coefficient (Wildman–Crippen LogP) is 2.70. The Bertz CT molecular complexity index is 122. The zero-order valence-electron chi connectivity index (χ0n) is 10.00. The molecule has 1 atom stereocenters. The quantitative estimate of drug-likeness (QED) is 0.787. The van der Waals surface area contributed by atoms with Gasteiger partial charge >= 0.3 is 0 Å². The molecule has 0 aliphatic carbocycles. The first-order valence-electron chi connectivity index (χ1n) is 5.82. The largest absolute Gasteiger partial charge is 0.313 e. The van der Waals surface area contributed by atoms with Crippen molar-refractivity contribution in [1.82, 2.24) is 10.2 Å². The summed E-state index contributed by atoms with van der Waals surface area (Å²) in [5.41, 5.74) is 0. The molecular weight excluding hydrogens is 231 g/mol. The van der Waals surface area contributed by atoms with Gasteiger partial charge in [-0.2, -0.15) is 0 Å². The molecule has 1 N–H and O–H groups in total. The SMILES string of the molecule is CCCN(CCC)CC1CCCN1.Cl.Cl. The van der Waals surface area contributed by atoms with Gasteiger partial charge in [0.25, 0.3) is 0 Å². The molecule has 0 aromatic heterocycles. The third-order valence-electron chi connectivity index (χ3n) is 2.72. The Morgan fingerprint density at radius 2 is 1.73 bits per heavy atom. The molecule has 1 fully saturated rings. The third-order valence-corrected chi connectivity index (χ3v) is 2.72. The highest BCUT2D eigenvalue weighted by atomic mass is 35.5. The second kappa shape index (κ2) is 11.0. The van der Waals surface area contributed by atoms with E-state index in [-0.39, 0.29) is 24.8 Å². The summed E-state index contributed by atoms with van der Waals surface area (Å²) in [4.78, 5) is 2.60. The van der Waals surface area contributed by atoms with E-state index in [1.54, 1.807) is 0 Å². The van der Waals surface area contributed by atoms with Crippen LogP contribution in [0.2, 0.25) is 0 Å². The van der Waals surface area contributed by atoms with E-state index in [0.29, 0.717) is 0 Å². The van der Waals surface area contributed by atoms with Crippen LogP contribution in [0.5, 0.6) is 0 Å². The van der Waals surface area contributed by atoms with Gasteiger partial charge in [0.1, 0.15) is 0 Å². The van der Waals surface area contributed by atoms with E-state index in [1.165, 1.54) is 51.9 Å². The number of hydrogen-bond acceptors (Lipinski definition) is 2. The minimum absolute atomic E-state index is 0. The van der Waals surface area contributed by atoms with E-state index in [1.807, 2.05) is 0 Å². The fourth-order valence-corrected chi connectivity index (χ4v) is 2.15. The van der Waals surface area contributed by atoms with Crippen LogP contribution in [-0.2, 0) is 0 Å². The molecule has 4 heteroatoms. The summed E-state index contributed by atoms with van der Waals surface area (Å²) in [5, 5.41) is 3.56. The van der Waals surface area contributed by atoms with Gasteiger partial charge in [0.15, 0.2) is 0 Å². The first kappa shape index (κ1) is 17.9. The molecule has 1 aliphatic rings. The molecule has 2 nitrogen and oxygen atoms in total. The van der Waals surface area contributed by atoms with E-state index < -0.39 is 0 Å². The number of rotatable bonds is 6. The Kier molecular flexibility index (Phi) is 13.1. The van der Waals surface area contributed by atoms with Crippen molar-refractivity contribution in [3.8, 4) is 0 Å². The van der Waals surface area contributed by atoms with Gasteiger partial charge in [0, 0.05) is 12.6 Å². The van der Waals surface area contributed by atoms with Crippen molar-refractivity contribution in [2.45, 2.75) is 45.6 Å². The molecule has 0 bridgehead atoms. The summed E-state index contributed by atoms with van der Waals surface area (Å²) in [6.45, 7) is 9.58. The molecule has 1 rings (SSSR count). The summed E-state index contributed by atoms with van der Waals surface area (Å²) in [6.07, 6.45) is 5.32. The highest BCUT2D eigenvalue weighted by Gasteiger charge is 2.16. The molecule has 0 amide bonds. The van der Waals surface area contributed by atoms with Crippen LogP contribution in [0.4, 0.5) is 0 Å². The number of nitrogens with zero attached hydrogens (tertiary/aromatic N) is 1. The van der Waals surface area contributed by atoms with Crippen LogP contribution >= 0.6 is 24.8 Å².